The molecule has 39 heavy (non-hydrogen) atoms. The van der Waals surface area contributed by atoms with Crippen LogP contribution >= 0.6 is 11.3 Å². The Morgan fingerprint density at radius 3 is 2.67 bits per heavy atom. The summed E-state index contributed by atoms with van der Waals surface area (Å²) >= 11 is 1.08. The van der Waals surface area contributed by atoms with E-state index in [1.54, 1.807) is 31.2 Å². The van der Waals surface area contributed by atoms with Crippen LogP contribution in [0.1, 0.15) is 54.6 Å². The third-order valence-electron chi connectivity index (χ3n) is 6.30. The van der Waals surface area contributed by atoms with Crippen LogP contribution in [0, 0.1) is 12.7 Å². The van der Waals surface area contributed by atoms with E-state index in [0.717, 1.165) is 24.2 Å². The smallest absolute Gasteiger partial charge is 0.296 e. The first kappa shape index (κ1) is 26.4. The number of ketones is 1. The maximum absolute atomic E-state index is 13.9. The highest BCUT2D eigenvalue weighted by Gasteiger charge is 2.46. The number of aliphatic hydroxyl groups is 1. The van der Waals surface area contributed by atoms with Gasteiger partial charge in [0.1, 0.15) is 11.6 Å². The van der Waals surface area contributed by atoms with Crippen molar-refractivity contribution < 1.29 is 33.0 Å². The quantitative estimate of drug-likeness (QED) is 0.173. The Morgan fingerprint density at radius 2 is 1.95 bits per heavy atom. The molecule has 0 saturated heterocycles. The number of nitrogens with zero attached hydrogens (tertiary/aromatic N) is 2. The number of fused-ring (bicyclic) bond motifs is 1. The van der Waals surface area contributed by atoms with E-state index in [4.69, 9.17) is 13.9 Å². The predicted molar refractivity (Wildman–Crippen MR) is 145 cm³/mol. The number of halogens is 1. The van der Waals surface area contributed by atoms with Gasteiger partial charge in [-0.05, 0) is 68.3 Å². The monoisotopic (exact) mass is 550 g/mol. The van der Waals surface area contributed by atoms with Crippen molar-refractivity contribution in [3.8, 4) is 11.5 Å². The lowest BCUT2D eigenvalue weighted by atomic mass is 9.95. The predicted octanol–water partition coefficient (Wildman–Crippen LogP) is 6.70. The summed E-state index contributed by atoms with van der Waals surface area (Å²) in [6.45, 7) is 6.47. The summed E-state index contributed by atoms with van der Waals surface area (Å²) in [4.78, 5) is 32.9. The zero-order valence-corrected chi connectivity index (χ0v) is 22.5. The van der Waals surface area contributed by atoms with Gasteiger partial charge in [-0.3, -0.25) is 14.5 Å². The van der Waals surface area contributed by atoms with E-state index in [1.165, 1.54) is 29.2 Å². The highest BCUT2D eigenvalue weighted by Crippen LogP contribution is 2.46. The second-order valence-electron chi connectivity index (χ2n) is 9.03. The van der Waals surface area contributed by atoms with Gasteiger partial charge in [0.2, 0.25) is 5.78 Å². The molecule has 0 bridgehead atoms. The third-order valence-corrected chi connectivity index (χ3v) is 7.32. The summed E-state index contributed by atoms with van der Waals surface area (Å²) in [5.74, 6) is -1.10. The molecule has 0 aliphatic carbocycles. The SMILES string of the molecule is CCCCOc1ccc(C2C(C(=O)c3ccc(C)o3)=C(O)C(=O)N2c2nc3ccc(F)cc3s2)cc1OCC. The van der Waals surface area contributed by atoms with Crippen molar-refractivity contribution in [1.82, 2.24) is 4.98 Å². The number of aliphatic hydroxyl groups excluding tert-OH is 1. The number of rotatable bonds is 10. The zero-order chi connectivity index (χ0) is 27.7. The van der Waals surface area contributed by atoms with Crippen LogP contribution in [-0.2, 0) is 4.79 Å². The van der Waals surface area contributed by atoms with Crippen LogP contribution in [-0.4, -0.2) is 35.0 Å². The maximum Gasteiger partial charge on any atom is 0.296 e. The Hall–Kier alpha value is -4.18. The minimum absolute atomic E-state index is 0.00961. The topological polar surface area (TPSA) is 102 Å². The summed E-state index contributed by atoms with van der Waals surface area (Å²) in [7, 11) is 0. The lowest BCUT2D eigenvalue weighted by Gasteiger charge is -2.25. The van der Waals surface area contributed by atoms with Gasteiger partial charge in [0.15, 0.2) is 28.1 Å². The van der Waals surface area contributed by atoms with Gasteiger partial charge in [0.05, 0.1) is 35.0 Å². The van der Waals surface area contributed by atoms with Gasteiger partial charge >= 0.3 is 0 Å². The number of ether oxygens (including phenoxy) is 2. The van der Waals surface area contributed by atoms with Crippen molar-refractivity contribution in [3.63, 3.8) is 0 Å². The zero-order valence-electron chi connectivity index (χ0n) is 21.7. The van der Waals surface area contributed by atoms with Crippen LogP contribution in [0.25, 0.3) is 10.2 Å². The molecule has 1 aliphatic heterocycles. The molecular weight excluding hydrogens is 523 g/mol. The molecule has 1 amide bonds. The van der Waals surface area contributed by atoms with E-state index >= 15 is 0 Å². The first-order chi connectivity index (χ1) is 18.8. The molecule has 3 heterocycles. The number of carbonyl (C=O) groups is 2. The molecule has 1 unspecified atom stereocenters. The molecule has 202 valence electrons. The minimum Gasteiger partial charge on any atom is -0.503 e. The Kier molecular flexibility index (Phi) is 7.38. The Morgan fingerprint density at radius 1 is 1.13 bits per heavy atom. The highest BCUT2D eigenvalue weighted by atomic mass is 32.1. The van der Waals surface area contributed by atoms with Gasteiger partial charge in [-0.1, -0.05) is 30.7 Å². The van der Waals surface area contributed by atoms with Crippen LogP contribution in [0.2, 0.25) is 0 Å². The number of anilines is 1. The molecule has 10 heteroatoms. The molecule has 1 N–H and O–H groups in total. The Balaban J connectivity index is 1.64. The number of unbranched alkanes of at least 4 members (excludes halogenated alkanes) is 1. The van der Waals surface area contributed by atoms with Gasteiger partial charge in [-0.25, -0.2) is 9.37 Å². The highest BCUT2D eigenvalue weighted by molar-refractivity contribution is 7.22. The first-order valence-electron chi connectivity index (χ1n) is 12.7. The van der Waals surface area contributed by atoms with E-state index < -0.39 is 29.3 Å². The van der Waals surface area contributed by atoms with Crippen molar-refractivity contribution >= 4 is 38.4 Å². The van der Waals surface area contributed by atoms with Crippen molar-refractivity contribution in [1.29, 1.82) is 0 Å². The number of Topliss-reactive ketones (excluding diaryl/α,β-unsaturated/α-hetero) is 1. The number of aryl methyl sites for hydroxylation is 1. The number of benzene rings is 2. The molecule has 1 atom stereocenters. The maximum atomic E-state index is 13.9. The lowest BCUT2D eigenvalue weighted by molar-refractivity contribution is -0.117. The Bertz CT molecular complexity index is 1590. The molecule has 5 rings (SSSR count). The van der Waals surface area contributed by atoms with E-state index in [2.05, 4.69) is 11.9 Å². The second-order valence-corrected chi connectivity index (χ2v) is 10.0. The molecule has 4 aromatic rings. The van der Waals surface area contributed by atoms with E-state index in [-0.39, 0.29) is 16.5 Å². The largest absolute Gasteiger partial charge is 0.503 e. The fourth-order valence-corrected chi connectivity index (χ4v) is 5.45. The molecule has 1 aliphatic rings. The van der Waals surface area contributed by atoms with E-state index in [0.29, 0.717) is 46.3 Å². The molecule has 0 saturated carbocycles. The number of aromatic nitrogens is 1. The van der Waals surface area contributed by atoms with Crippen molar-refractivity contribution in [2.45, 2.75) is 39.7 Å². The standard InChI is InChI=1S/C29H27FN2O6S/c1-4-6-13-37-20-12-8-17(14-22(20)36-5-2)25-24(26(33)21-11-7-16(3)38-21)27(34)28(35)32(25)29-31-19-10-9-18(30)15-23(19)39-29/h7-12,14-15,25,34H,4-6,13H2,1-3H3. The van der Waals surface area contributed by atoms with Crippen LogP contribution in [0.15, 0.2) is 64.3 Å². The third kappa shape index (κ3) is 4.99. The number of hydrogen-bond donors (Lipinski definition) is 1. The van der Waals surface area contributed by atoms with Gasteiger partial charge < -0.3 is 19.0 Å². The summed E-state index contributed by atoms with van der Waals surface area (Å²) < 4.78 is 31.7. The molecular formula is C29H27FN2O6S. The van der Waals surface area contributed by atoms with Crippen LogP contribution in [0.3, 0.4) is 0 Å². The molecule has 2 aromatic heterocycles. The minimum atomic E-state index is -1.05. The van der Waals surface area contributed by atoms with Gasteiger partial charge in [0.25, 0.3) is 5.91 Å². The number of hydrogen-bond acceptors (Lipinski definition) is 8. The average Bonchev–Trinajstić information content (AvgIpc) is 3.60. The molecule has 8 nitrogen and oxygen atoms in total. The molecule has 0 fully saturated rings. The van der Waals surface area contributed by atoms with Crippen LogP contribution < -0.4 is 14.4 Å². The van der Waals surface area contributed by atoms with Crippen molar-refractivity contribution in [2.24, 2.45) is 0 Å². The van der Waals surface area contributed by atoms with E-state index in [9.17, 15) is 19.1 Å². The average molecular weight is 551 g/mol. The van der Waals surface area contributed by atoms with Crippen molar-refractivity contribution in [3.05, 3.63) is 82.8 Å². The summed E-state index contributed by atoms with van der Waals surface area (Å²) in [5, 5.41) is 11.2. The second kappa shape index (κ2) is 10.9. The van der Waals surface area contributed by atoms with Gasteiger partial charge in [-0.15, -0.1) is 0 Å². The lowest BCUT2D eigenvalue weighted by Crippen LogP contribution is -2.31. The van der Waals surface area contributed by atoms with Gasteiger partial charge in [-0.2, -0.15) is 0 Å². The molecule has 0 radical (unpaired) electrons. The summed E-state index contributed by atoms with van der Waals surface area (Å²) in [6, 6.07) is 11.3. The van der Waals surface area contributed by atoms with E-state index in [1.807, 2.05) is 6.92 Å². The van der Waals surface area contributed by atoms with Crippen LogP contribution in [0.5, 0.6) is 11.5 Å². The van der Waals surface area contributed by atoms with Crippen LogP contribution in [0.4, 0.5) is 9.52 Å². The first-order valence-corrected chi connectivity index (χ1v) is 13.5. The normalized spacial score (nSPS) is 15.4. The number of thiazole rings is 1. The number of amides is 1. The van der Waals surface area contributed by atoms with Gasteiger partial charge in [0, 0.05) is 0 Å². The number of carbonyl (C=O) groups excluding carboxylic acids is 2. The molecule has 2 aromatic carbocycles. The fraction of sp³-hybridized carbons (Fsp3) is 0.276. The Labute approximate surface area is 228 Å². The summed E-state index contributed by atoms with van der Waals surface area (Å²) in [5.41, 5.74) is 0.830. The number of furan rings is 1. The van der Waals surface area contributed by atoms with Crippen molar-refractivity contribution in [2.75, 3.05) is 18.1 Å². The fourth-order valence-electron chi connectivity index (χ4n) is 4.44. The molecule has 0 spiro atoms. The summed E-state index contributed by atoms with van der Waals surface area (Å²) in [6.07, 6.45) is 1.84.